The summed E-state index contributed by atoms with van der Waals surface area (Å²) in [6.45, 7) is 9.88. The van der Waals surface area contributed by atoms with Crippen LogP contribution in [0.4, 0.5) is 0 Å². The molecule has 1 fully saturated rings. The number of carbonyl (C=O) groups is 1. The maximum absolute atomic E-state index is 12.7. The average molecular weight is 320 g/mol. The van der Waals surface area contributed by atoms with Gasteiger partial charge in [-0.15, -0.1) is 0 Å². The fourth-order valence-electron chi connectivity index (χ4n) is 4.13. The highest BCUT2D eigenvalue weighted by molar-refractivity contribution is 5.82. The highest BCUT2D eigenvalue weighted by Crippen LogP contribution is 2.55. The summed E-state index contributed by atoms with van der Waals surface area (Å²) in [6.07, 6.45) is 10.1. The molecular weight excluding hydrogens is 288 g/mol. The number of rotatable bonds is 1. The Balaban J connectivity index is 2.47. The second kappa shape index (κ2) is 6.18. The van der Waals surface area contributed by atoms with Crippen LogP contribution < -0.4 is 0 Å². The van der Waals surface area contributed by atoms with Crippen molar-refractivity contribution in [3.63, 3.8) is 0 Å². The van der Waals surface area contributed by atoms with Crippen LogP contribution in [0.3, 0.4) is 0 Å². The number of fused-ring (bicyclic) bond motifs is 1. The van der Waals surface area contributed by atoms with E-state index < -0.39 is 11.2 Å². The predicted molar refractivity (Wildman–Crippen MR) is 92.9 cm³/mol. The molecule has 23 heavy (non-hydrogen) atoms. The van der Waals surface area contributed by atoms with Gasteiger partial charge < -0.3 is 10.2 Å². The molecule has 3 heteroatoms. The van der Waals surface area contributed by atoms with E-state index in [0.717, 1.165) is 6.42 Å². The molecule has 1 saturated carbocycles. The van der Waals surface area contributed by atoms with E-state index in [-0.39, 0.29) is 29.0 Å². The fourth-order valence-corrected chi connectivity index (χ4v) is 4.13. The number of aliphatic hydroxyl groups is 2. The Bertz CT molecular complexity index is 517. The van der Waals surface area contributed by atoms with Crippen molar-refractivity contribution in [2.24, 2.45) is 23.2 Å². The van der Waals surface area contributed by atoms with Crippen molar-refractivity contribution in [3.8, 4) is 0 Å². The van der Waals surface area contributed by atoms with Gasteiger partial charge in [-0.05, 0) is 37.5 Å². The molecule has 0 radical (unpaired) electrons. The van der Waals surface area contributed by atoms with Gasteiger partial charge >= 0.3 is 0 Å². The van der Waals surface area contributed by atoms with E-state index in [1.807, 2.05) is 39.0 Å². The number of hydrogen-bond acceptors (Lipinski definition) is 3. The maximum Gasteiger partial charge on any atom is 0.139 e. The average Bonchev–Trinajstić information content (AvgIpc) is 2.71. The summed E-state index contributed by atoms with van der Waals surface area (Å²) >= 11 is 0. The molecule has 0 heterocycles. The minimum absolute atomic E-state index is 0.104. The highest BCUT2D eigenvalue weighted by Gasteiger charge is 2.54. The summed E-state index contributed by atoms with van der Waals surface area (Å²) in [5, 5.41) is 21.8. The molecule has 0 aromatic rings. The number of hydrogen-bond donors (Lipinski definition) is 2. The zero-order chi connectivity index (χ0) is 17.5. The van der Waals surface area contributed by atoms with Gasteiger partial charge in [-0.1, -0.05) is 52.0 Å². The standard InChI is InChI=1S/C20H32O3/c1-14(2)20(23)12-10-18(4)9-11-19(5,22)8-6-7-15(3)16(21)13-17(18)20/h6-7,9,11,14-15,17,22-23H,8,10,12-13H2,1-5H3/b7-6-,11-9+/t15-,17+,18-,19+,20+/m1/s1. The molecule has 5 atom stereocenters. The second-order valence-electron chi connectivity index (χ2n) is 8.49. The summed E-state index contributed by atoms with van der Waals surface area (Å²) in [5.74, 6) is -0.00549. The molecule has 0 amide bonds. The Morgan fingerprint density at radius 3 is 2.43 bits per heavy atom. The largest absolute Gasteiger partial charge is 0.389 e. The third-order valence-electron chi connectivity index (χ3n) is 6.16. The molecule has 2 aliphatic carbocycles. The van der Waals surface area contributed by atoms with Crippen LogP contribution in [-0.2, 0) is 4.79 Å². The molecule has 2 N–H and O–H groups in total. The lowest BCUT2D eigenvalue weighted by Gasteiger charge is -2.40. The summed E-state index contributed by atoms with van der Waals surface area (Å²) in [7, 11) is 0. The Kier molecular flexibility index (Phi) is 4.94. The van der Waals surface area contributed by atoms with E-state index in [1.165, 1.54) is 0 Å². The van der Waals surface area contributed by atoms with Gasteiger partial charge in [-0.25, -0.2) is 0 Å². The fraction of sp³-hybridized carbons (Fsp3) is 0.750. The van der Waals surface area contributed by atoms with E-state index in [4.69, 9.17) is 0 Å². The lowest BCUT2D eigenvalue weighted by molar-refractivity contribution is -0.127. The van der Waals surface area contributed by atoms with Crippen molar-refractivity contribution >= 4 is 5.78 Å². The van der Waals surface area contributed by atoms with Gasteiger partial charge in [0, 0.05) is 18.3 Å². The van der Waals surface area contributed by atoms with Crippen LogP contribution >= 0.6 is 0 Å². The van der Waals surface area contributed by atoms with Crippen LogP contribution in [0.2, 0.25) is 0 Å². The Morgan fingerprint density at radius 1 is 1.17 bits per heavy atom. The first-order chi connectivity index (χ1) is 10.5. The molecule has 0 unspecified atom stereocenters. The molecule has 0 aliphatic heterocycles. The Morgan fingerprint density at radius 2 is 1.83 bits per heavy atom. The van der Waals surface area contributed by atoms with Crippen LogP contribution in [-0.4, -0.2) is 27.2 Å². The van der Waals surface area contributed by atoms with Crippen LogP contribution in [0.25, 0.3) is 0 Å². The molecule has 3 nitrogen and oxygen atoms in total. The topological polar surface area (TPSA) is 57.5 Å². The van der Waals surface area contributed by atoms with Crippen LogP contribution in [0.5, 0.6) is 0 Å². The van der Waals surface area contributed by atoms with Crippen molar-refractivity contribution in [2.45, 2.75) is 71.5 Å². The molecule has 0 bridgehead atoms. The summed E-state index contributed by atoms with van der Waals surface area (Å²) in [6, 6.07) is 0. The number of allylic oxidation sites excluding steroid dienone is 2. The zero-order valence-corrected chi connectivity index (χ0v) is 15.2. The van der Waals surface area contributed by atoms with E-state index in [1.54, 1.807) is 6.92 Å². The van der Waals surface area contributed by atoms with Crippen molar-refractivity contribution in [3.05, 3.63) is 24.3 Å². The minimum Gasteiger partial charge on any atom is -0.389 e. The van der Waals surface area contributed by atoms with Gasteiger partial charge in [-0.3, -0.25) is 4.79 Å². The molecule has 2 aliphatic rings. The zero-order valence-electron chi connectivity index (χ0n) is 15.2. The predicted octanol–water partition coefficient (Wildman–Crippen LogP) is 3.65. The molecule has 2 rings (SSSR count). The lowest BCUT2D eigenvalue weighted by atomic mass is 9.68. The third kappa shape index (κ3) is 3.61. The smallest absolute Gasteiger partial charge is 0.139 e. The molecule has 0 saturated heterocycles. The van der Waals surface area contributed by atoms with Crippen LogP contribution in [0, 0.1) is 23.2 Å². The van der Waals surface area contributed by atoms with Gasteiger partial charge in [0.2, 0.25) is 0 Å². The maximum atomic E-state index is 12.7. The van der Waals surface area contributed by atoms with E-state index in [9.17, 15) is 15.0 Å². The first-order valence-corrected chi connectivity index (χ1v) is 8.85. The molecule has 0 spiro atoms. The number of carbonyl (C=O) groups excluding carboxylic acids is 1. The molecule has 0 aromatic carbocycles. The van der Waals surface area contributed by atoms with Crippen molar-refractivity contribution in [1.29, 1.82) is 0 Å². The van der Waals surface area contributed by atoms with E-state index in [0.29, 0.717) is 19.3 Å². The Labute approximate surface area is 140 Å². The monoisotopic (exact) mass is 320 g/mol. The van der Waals surface area contributed by atoms with Gasteiger partial charge in [0.05, 0.1) is 11.2 Å². The first kappa shape index (κ1) is 18.4. The normalized spacial score (nSPS) is 47.9. The summed E-state index contributed by atoms with van der Waals surface area (Å²) in [4.78, 5) is 12.7. The van der Waals surface area contributed by atoms with Crippen molar-refractivity contribution in [1.82, 2.24) is 0 Å². The van der Waals surface area contributed by atoms with E-state index >= 15 is 0 Å². The van der Waals surface area contributed by atoms with Gasteiger partial charge in [0.15, 0.2) is 0 Å². The quantitative estimate of drug-likeness (QED) is 0.725. The Hall–Kier alpha value is -0.930. The van der Waals surface area contributed by atoms with Crippen molar-refractivity contribution in [2.75, 3.05) is 0 Å². The molecular formula is C20H32O3. The van der Waals surface area contributed by atoms with Crippen LogP contribution in [0.1, 0.15) is 60.3 Å². The highest BCUT2D eigenvalue weighted by atomic mass is 16.3. The SMILES string of the molecule is CC(C)[C@@]1(O)CC[C@@]2(C)/C=C/[C@@](C)(O)C/C=C\[C@@H](C)C(=O)C[C@@H]21. The minimum atomic E-state index is -0.921. The van der Waals surface area contributed by atoms with E-state index in [2.05, 4.69) is 13.0 Å². The summed E-state index contributed by atoms with van der Waals surface area (Å²) < 4.78 is 0. The third-order valence-corrected chi connectivity index (χ3v) is 6.16. The molecule has 130 valence electrons. The van der Waals surface area contributed by atoms with Crippen LogP contribution in [0.15, 0.2) is 24.3 Å². The van der Waals surface area contributed by atoms with Gasteiger partial charge in [0.1, 0.15) is 5.78 Å². The first-order valence-electron chi connectivity index (χ1n) is 8.85. The summed E-state index contributed by atoms with van der Waals surface area (Å²) in [5.41, 5.74) is -2.00. The van der Waals surface area contributed by atoms with Gasteiger partial charge in [0.25, 0.3) is 0 Å². The van der Waals surface area contributed by atoms with Gasteiger partial charge in [-0.2, -0.15) is 0 Å². The van der Waals surface area contributed by atoms with Crippen molar-refractivity contribution < 1.29 is 15.0 Å². The number of ketones is 1. The number of Topliss-reactive ketones (excluding diaryl/α,β-unsaturated/α-hetero) is 1. The molecule has 0 aromatic heterocycles. The lowest BCUT2D eigenvalue weighted by Crippen LogP contribution is -2.44. The second-order valence-corrected chi connectivity index (χ2v) is 8.49.